The molecule has 1 aliphatic rings. The fourth-order valence-electron chi connectivity index (χ4n) is 3.68. The molecular formula is C22H21ClFN3O3. The number of piperazine rings is 1. The Kier molecular flexibility index (Phi) is 5.63. The molecule has 0 bridgehead atoms. The Labute approximate surface area is 178 Å². The van der Waals surface area contributed by atoms with Crippen LogP contribution < -0.4 is 14.4 Å². The standard InChI is InChI=1S/C22H21ClFN3O3/c1-29-14-3-4-16(19(13-14)30-2)22(28)27-11-9-26(10-12-27)18-6-5-15-17(23)7-8-25-21(15)20(18)24/h3-8,13H,9-12H2,1-2H3. The summed E-state index contributed by atoms with van der Waals surface area (Å²) in [5.41, 5.74) is 1.19. The number of benzene rings is 2. The maximum absolute atomic E-state index is 15.1. The summed E-state index contributed by atoms with van der Waals surface area (Å²) in [4.78, 5) is 20.8. The molecule has 0 unspecified atom stereocenters. The first kappa shape index (κ1) is 20.2. The van der Waals surface area contributed by atoms with Gasteiger partial charge in [-0.15, -0.1) is 0 Å². The van der Waals surface area contributed by atoms with Gasteiger partial charge in [-0.1, -0.05) is 11.6 Å². The second-order valence-corrected chi connectivity index (χ2v) is 7.34. The van der Waals surface area contributed by atoms with Gasteiger partial charge in [0.25, 0.3) is 5.91 Å². The topological polar surface area (TPSA) is 54.9 Å². The lowest BCUT2D eigenvalue weighted by Crippen LogP contribution is -2.49. The van der Waals surface area contributed by atoms with E-state index in [1.54, 1.807) is 48.4 Å². The molecule has 2 aromatic carbocycles. The smallest absolute Gasteiger partial charge is 0.257 e. The summed E-state index contributed by atoms with van der Waals surface area (Å²) >= 11 is 6.14. The number of amides is 1. The van der Waals surface area contributed by atoms with Crippen LogP contribution >= 0.6 is 11.6 Å². The molecule has 3 aromatic rings. The molecule has 1 amide bonds. The summed E-state index contributed by atoms with van der Waals surface area (Å²) in [6.07, 6.45) is 1.50. The van der Waals surface area contributed by atoms with Crippen molar-refractivity contribution in [2.24, 2.45) is 0 Å². The van der Waals surface area contributed by atoms with Gasteiger partial charge >= 0.3 is 0 Å². The first-order chi connectivity index (χ1) is 14.5. The van der Waals surface area contributed by atoms with Crippen molar-refractivity contribution in [3.8, 4) is 11.5 Å². The van der Waals surface area contributed by atoms with Crippen molar-refractivity contribution in [1.82, 2.24) is 9.88 Å². The Morgan fingerprint density at radius 2 is 1.83 bits per heavy atom. The summed E-state index contributed by atoms with van der Waals surface area (Å²) in [6.45, 7) is 1.95. The van der Waals surface area contributed by atoms with E-state index >= 15 is 4.39 Å². The van der Waals surface area contributed by atoms with Crippen molar-refractivity contribution in [3.63, 3.8) is 0 Å². The number of carbonyl (C=O) groups is 1. The molecule has 0 aliphatic carbocycles. The van der Waals surface area contributed by atoms with Crippen LogP contribution in [0.15, 0.2) is 42.6 Å². The van der Waals surface area contributed by atoms with Gasteiger partial charge in [-0.3, -0.25) is 9.78 Å². The number of carbonyl (C=O) groups excluding carboxylic acids is 1. The predicted molar refractivity (Wildman–Crippen MR) is 114 cm³/mol. The van der Waals surface area contributed by atoms with Crippen LogP contribution in [0, 0.1) is 5.82 Å². The minimum absolute atomic E-state index is 0.124. The second-order valence-electron chi connectivity index (χ2n) is 6.93. The quantitative estimate of drug-likeness (QED) is 0.627. The Balaban J connectivity index is 1.51. The summed E-state index contributed by atoms with van der Waals surface area (Å²) in [6, 6.07) is 10.3. The number of hydrogen-bond acceptors (Lipinski definition) is 5. The van der Waals surface area contributed by atoms with E-state index < -0.39 is 5.82 Å². The van der Waals surface area contributed by atoms with Crippen molar-refractivity contribution >= 4 is 34.1 Å². The summed E-state index contributed by atoms with van der Waals surface area (Å²) in [5, 5.41) is 1.05. The normalized spacial score (nSPS) is 14.1. The van der Waals surface area contributed by atoms with E-state index in [1.807, 2.05) is 4.90 Å². The number of ether oxygens (including phenoxy) is 2. The first-order valence-corrected chi connectivity index (χ1v) is 9.90. The number of anilines is 1. The van der Waals surface area contributed by atoms with Crippen LogP contribution in [0.5, 0.6) is 11.5 Å². The average molecular weight is 430 g/mol. The molecule has 2 heterocycles. The molecule has 6 nitrogen and oxygen atoms in total. The highest BCUT2D eigenvalue weighted by molar-refractivity contribution is 6.35. The van der Waals surface area contributed by atoms with E-state index in [2.05, 4.69) is 4.98 Å². The minimum Gasteiger partial charge on any atom is -0.497 e. The van der Waals surface area contributed by atoms with Crippen molar-refractivity contribution in [3.05, 3.63) is 59.0 Å². The third-order valence-electron chi connectivity index (χ3n) is 5.32. The number of halogens is 2. The number of nitrogens with zero attached hydrogens (tertiary/aromatic N) is 3. The number of methoxy groups -OCH3 is 2. The largest absolute Gasteiger partial charge is 0.497 e. The van der Waals surface area contributed by atoms with Crippen LogP contribution in [0.3, 0.4) is 0 Å². The first-order valence-electron chi connectivity index (χ1n) is 9.52. The van der Waals surface area contributed by atoms with Gasteiger partial charge in [-0.2, -0.15) is 0 Å². The molecule has 1 aromatic heterocycles. The molecule has 0 radical (unpaired) electrons. The zero-order chi connectivity index (χ0) is 21.3. The summed E-state index contributed by atoms with van der Waals surface area (Å²) in [7, 11) is 3.08. The predicted octanol–water partition coefficient (Wildman–Crippen LogP) is 4.01. The zero-order valence-corrected chi connectivity index (χ0v) is 17.4. The highest BCUT2D eigenvalue weighted by Gasteiger charge is 2.26. The van der Waals surface area contributed by atoms with Crippen molar-refractivity contribution in [1.29, 1.82) is 0 Å². The van der Waals surface area contributed by atoms with Gasteiger partial charge in [0.05, 0.1) is 30.5 Å². The fourth-order valence-corrected chi connectivity index (χ4v) is 3.89. The fraction of sp³-hybridized carbons (Fsp3) is 0.273. The van der Waals surface area contributed by atoms with Crippen LogP contribution in [0.2, 0.25) is 5.02 Å². The molecule has 4 rings (SSSR count). The monoisotopic (exact) mass is 429 g/mol. The highest BCUT2D eigenvalue weighted by atomic mass is 35.5. The second kappa shape index (κ2) is 8.36. The Morgan fingerprint density at radius 3 is 2.53 bits per heavy atom. The molecule has 0 N–H and O–H groups in total. The molecule has 1 fully saturated rings. The maximum Gasteiger partial charge on any atom is 0.257 e. The number of pyridine rings is 1. The molecule has 1 saturated heterocycles. The van der Waals surface area contributed by atoms with Gasteiger partial charge in [-0.05, 0) is 30.3 Å². The van der Waals surface area contributed by atoms with E-state index in [-0.39, 0.29) is 11.4 Å². The lowest BCUT2D eigenvalue weighted by atomic mass is 10.1. The van der Waals surface area contributed by atoms with Crippen LogP contribution in [0.25, 0.3) is 10.9 Å². The Morgan fingerprint density at radius 1 is 1.07 bits per heavy atom. The summed E-state index contributed by atoms with van der Waals surface area (Å²) < 4.78 is 25.6. The third-order valence-corrected chi connectivity index (χ3v) is 5.65. The number of hydrogen-bond donors (Lipinski definition) is 0. The van der Waals surface area contributed by atoms with Gasteiger partial charge in [0.2, 0.25) is 0 Å². The van der Waals surface area contributed by atoms with Crippen molar-refractivity contribution in [2.45, 2.75) is 0 Å². The molecule has 8 heteroatoms. The van der Waals surface area contributed by atoms with Crippen LogP contribution in [-0.4, -0.2) is 56.2 Å². The summed E-state index contributed by atoms with van der Waals surface area (Å²) in [5.74, 6) is 0.562. The maximum atomic E-state index is 15.1. The van der Waals surface area contributed by atoms with Gasteiger partial charge in [0, 0.05) is 43.8 Å². The molecule has 0 saturated carbocycles. The average Bonchev–Trinajstić information content (AvgIpc) is 2.79. The van der Waals surface area contributed by atoms with Gasteiger partial charge in [0.1, 0.15) is 17.0 Å². The highest BCUT2D eigenvalue weighted by Crippen LogP contribution is 2.31. The number of fused-ring (bicyclic) bond motifs is 1. The molecular weight excluding hydrogens is 409 g/mol. The van der Waals surface area contributed by atoms with Crippen LogP contribution in [-0.2, 0) is 0 Å². The Hall–Kier alpha value is -3.06. The lowest BCUT2D eigenvalue weighted by molar-refractivity contribution is 0.0743. The minimum atomic E-state index is -0.397. The van der Waals surface area contributed by atoms with E-state index in [4.69, 9.17) is 21.1 Å². The van der Waals surface area contributed by atoms with Crippen LogP contribution in [0.1, 0.15) is 10.4 Å². The molecule has 156 valence electrons. The van der Waals surface area contributed by atoms with Crippen molar-refractivity contribution in [2.75, 3.05) is 45.3 Å². The number of rotatable bonds is 4. The van der Waals surface area contributed by atoms with E-state index in [0.29, 0.717) is 59.3 Å². The molecule has 30 heavy (non-hydrogen) atoms. The molecule has 1 aliphatic heterocycles. The van der Waals surface area contributed by atoms with Crippen molar-refractivity contribution < 1.29 is 18.7 Å². The van der Waals surface area contributed by atoms with E-state index in [1.165, 1.54) is 13.3 Å². The Bertz CT molecular complexity index is 1100. The van der Waals surface area contributed by atoms with Crippen LogP contribution in [0.4, 0.5) is 10.1 Å². The zero-order valence-electron chi connectivity index (χ0n) is 16.7. The molecule has 0 spiro atoms. The SMILES string of the molecule is COc1ccc(C(=O)N2CCN(c3ccc4c(Cl)ccnc4c3F)CC2)c(OC)c1. The third kappa shape index (κ3) is 3.61. The van der Waals surface area contributed by atoms with Gasteiger partial charge in [0.15, 0.2) is 5.82 Å². The van der Waals surface area contributed by atoms with Gasteiger partial charge in [-0.25, -0.2) is 4.39 Å². The lowest BCUT2D eigenvalue weighted by Gasteiger charge is -2.36. The molecule has 0 atom stereocenters. The van der Waals surface area contributed by atoms with E-state index in [9.17, 15) is 4.79 Å². The van der Waals surface area contributed by atoms with E-state index in [0.717, 1.165) is 0 Å². The number of aromatic nitrogens is 1. The van der Waals surface area contributed by atoms with Gasteiger partial charge < -0.3 is 19.3 Å².